The van der Waals surface area contributed by atoms with Gasteiger partial charge in [-0.15, -0.1) is 0 Å². The van der Waals surface area contributed by atoms with Crippen LogP contribution < -0.4 is 5.32 Å². The lowest BCUT2D eigenvalue weighted by atomic mass is 9.94. The third-order valence-electron chi connectivity index (χ3n) is 3.36. The van der Waals surface area contributed by atoms with Crippen molar-refractivity contribution >= 4 is 15.9 Å². The van der Waals surface area contributed by atoms with Crippen molar-refractivity contribution in [2.75, 3.05) is 6.54 Å². The summed E-state index contributed by atoms with van der Waals surface area (Å²) in [7, 11) is 0. The normalized spacial score (nSPS) is 19.6. The first-order chi connectivity index (χ1) is 8.58. The zero-order valence-electron chi connectivity index (χ0n) is 10.9. The first-order valence-corrected chi connectivity index (χ1v) is 7.19. The molecule has 1 aliphatic rings. The summed E-state index contributed by atoms with van der Waals surface area (Å²) in [5, 5.41) is 3.59. The highest BCUT2D eigenvalue weighted by Gasteiger charge is 2.22. The molecule has 1 aromatic carbocycles. The van der Waals surface area contributed by atoms with Gasteiger partial charge >= 0.3 is 0 Å². The Morgan fingerprint density at radius 1 is 1.33 bits per heavy atom. The van der Waals surface area contributed by atoms with Crippen LogP contribution in [0.1, 0.15) is 32.3 Å². The lowest BCUT2D eigenvalue weighted by Crippen LogP contribution is -2.41. The molecule has 18 heavy (non-hydrogen) atoms. The van der Waals surface area contributed by atoms with E-state index in [0.717, 1.165) is 23.9 Å². The van der Waals surface area contributed by atoms with E-state index in [0.29, 0.717) is 6.10 Å². The van der Waals surface area contributed by atoms with Gasteiger partial charge in [-0.3, -0.25) is 0 Å². The zero-order chi connectivity index (χ0) is 13.0. The van der Waals surface area contributed by atoms with Crippen LogP contribution >= 0.6 is 15.9 Å². The predicted octanol–water partition coefficient (Wildman–Crippen LogP) is 3.97. The molecule has 0 fully saturated rings. The third-order valence-corrected chi connectivity index (χ3v) is 3.89. The van der Waals surface area contributed by atoms with E-state index in [1.807, 2.05) is 6.26 Å². The molecule has 0 aromatic heterocycles. The maximum atomic E-state index is 5.58. The van der Waals surface area contributed by atoms with E-state index in [-0.39, 0.29) is 5.54 Å². The molecule has 0 radical (unpaired) electrons. The highest BCUT2D eigenvalue weighted by Crippen LogP contribution is 2.22. The minimum Gasteiger partial charge on any atom is -0.497 e. The summed E-state index contributed by atoms with van der Waals surface area (Å²) in [5.41, 5.74) is 1.25. The van der Waals surface area contributed by atoms with Gasteiger partial charge in [-0.25, -0.2) is 0 Å². The Balaban J connectivity index is 1.94. The first kappa shape index (κ1) is 13.6. The van der Waals surface area contributed by atoms with Crippen LogP contribution in [0.5, 0.6) is 0 Å². The fourth-order valence-corrected chi connectivity index (χ4v) is 2.34. The van der Waals surface area contributed by atoms with Crippen LogP contribution in [0.2, 0.25) is 0 Å². The smallest absolute Gasteiger partial charge is 0.110 e. The second kappa shape index (κ2) is 5.89. The number of nitrogens with one attached hydrogen (secondary N) is 1. The fourth-order valence-electron chi connectivity index (χ4n) is 2.07. The number of halogens is 1. The second-order valence-electron chi connectivity index (χ2n) is 5.22. The van der Waals surface area contributed by atoms with Crippen molar-refractivity contribution in [1.82, 2.24) is 5.32 Å². The van der Waals surface area contributed by atoms with Gasteiger partial charge in [-0.1, -0.05) is 28.1 Å². The van der Waals surface area contributed by atoms with Gasteiger partial charge in [0.1, 0.15) is 6.10 Å². The van der Waals surface area contributed by atoms with E-state index in [1.54, 1.807) is 0 Å². The molecule has 1 heterocycles. The third kappa shape index (κ3) is 3.59. The van der Waals surface area contributed by atoms with Crippen LogP contribution in [0.25, 0.3) is 0 Å². The maximum Gasteiger partial charge on any atom is 0.110 e. The van der Waals surface area contributed by atoms with E-state index in [4.69, 9.17) is 4.74 Å². The molecule has 0 aliphatic carbocycles. The quantitative estimate of drug-likeness (QED) is 0.908. The van der Waals surface area contributed by atoms with Crippen molar-refractivity contribution in [2.24, 2.45) is 0 Å². The molecule has 0 spiro atoms. The minimum absolute atomic E-state index is 0.0365. The maximum absolute atomic E-state index is 5.58. The van der Waals surface area contributed by atoms with Crippen molar-refractivity contribution in [3.05, 3.63) is 46.6 Å². The van der Waals surface area contributed by atoms with E-state index in [1.165, 1.54) is 5.56 Å². The fraction of sp³-hybridized carbons (Fsp3) is 0.467. The summed E-state index contributed by atoms with van der Waals surface area (Å²) in [6.45, 7) is 5.29. The lowest BCUT2D eigenvalue weighted by molar-refractivity contribution is 0.113. The molecule has 0 amide bonds. The van der Waals surface area contributed by atoms with Gasteiger partial charge in [0.25, 0.3) is 0 Å². The summed E-state index contributed by atoms with van der Waals surface area (Å²) in [5.74, 6) is 0. The number of ether oxygens (including phenoxy) is 1. The molecule has 0 saturated heterocycles. The number of allylic oxidation sites excluding steroid dienone is 1. The molecule has 1 aliphatic heterocycles. The zero-order valence-corrected chi connectivity index (χ0v) is 12.5. The van der Waals surface area contributed by atoms with Crippen molar-refractivity contribution in [3.8, 4) is 0 Å². The average molecular weight is 310 g/mol. The van der Waals surface area contributed by atoms with Gasteiger partial charge in [0.2, 0.25) is 0 Å². The molecule has 98 valence electrons. The number of hydrogen-bond donors (Lipinski definition) is 1. The molecule has 0 bridgehead atoms. The molecule has 1 atom stereocenters. The number of rotatable bonds is 4. The van der Waals surface area contributed by atoms with Crippen LogP contribution in [0.15, 0.2) is 41.1 Å². The van der Waals surface area contributed by atoms with E-state index in [9.17, 15) is 0 Å². The van der Waals surface area contributed by atoms with Crippen LogP contribution in [0.4, 0.5) is 0 Å². The molecular weight excluding hydrogens is 290 g/mol. The topological polar surface area (TPSA) is 21.3 Å². The van der Waals surface area contributed by atoms with Crippen molar-refractivity contribution in [2.45, 2.75) is 38.3 Å². The molecule has 2 nitrogen and oxygen atoms in total. The van der Waals surface area contributed by atoms with Gasteiger partial charge in [-0.2, -0.15) is 0 Å². The Hall–Kier alpha value is -0.800. The number of hydrogen-bond acceptors (Lipinski definition) is 2. The highest BCUT2D eigenvalue weighted by atomic mass is 79.9. The summed E-state index contributed by atoms with van der Waals surface area (Å²) < 4.78 is 6.69. The molecule has 1 unspecified atom stereocenters. The second-order valence-corrected chi connectivity index (χ2v) is 6.14. The van der Waals surface area contributed by atoms with Crippen LogP contribution in [-0.4, -0.2) is 12.6 Å². The molecule has 3 heteroatoms. The standard InChI is InChI=1S/C15H20BrNO/c1-15(2,12-6-8-13(16)9-7-12)17-11-14-5-3-4-10-18-14/h4,6-10,14,17H,3,5,11H2,1-2H3. The Morgan fingerprint density at radius 3 is 2.67 bits per heavy atom. The molecule has 2 rings (SSSR count). The first-order valence-electron chi connectivity index (χ1n) is 6.39. The minimum atomic E-state index is -0.0365. The SMILES string of the molecule is CC(C)(NCC1CCC=CO1)c1ccc(Br)cc1. The van der Waals surface area contributed by atoms with Crippen molar-refractivity contribution in [1.29, 1.82) is 0 Å². The molecule has 0 saturated carbocycles. The van der Waals surface area contributed by atoms with Crippen molar-refractivity contribution < 1.29 is 4.74 Å². The van der Waals surface area contributed by atoms with E-state index < -0.39 is 0 Å². The Labute approximate surface area is 118 Å². The van der Waals surface area contributed by atoms with Gasteiger partial charge in [-0.05, 0) is 50.5 Å². The van der Waals surface area contributed by atoms with Crippen LogP contribution in [0, 0.1) is 0 Å². The molecular formula is C15H20BrNO. The van der Waals surface area contributed by atoms with Gasteiger partial charge < -0.3 is 10.1 Å². The van der Waals surface area contributed by atoms with Crippen molar-refractivity contribution in [3.63, 3.8) is 0 Å². The van der Waals surface area contributed by atoms with E-state index >= 15 is 0 Å². The van der Waals surface area contributed by atoms with Gasteiger partial charge in [0.05, 0.1) is 6.26 Å². The van der Waals surface area contributed by atoms with E-state index in [2.05, 4.69) is 65.4 Å². The Morgan fingerprint density at radius 2 is 2.06 bits per heavy atom. The summed E-state index contributed by atoms with van der Waals surface area (Å²) >= 11 is 3.47. The highest BCUT2D eigenvalue weighted by molar-refractivity contribution is 9.10. The largest absolute Gasteiger partial charge is 0.497 e. The lowest BCUT2D eigenvalue weighted by Gasteiger charge is -2.30. The monoisotopic (exact) mass is 309 g/mol. The number of benzene rings is 1. The van der Waals surface area contributed by atoms with Crippen LogP contribution in [-0.2, 0) is 10.3 Å². The predicted molar refractivity (Wildman–Crippen MR) is 78.4 cm³/mol. The summed E-state index contributed by atoms with van der Waals surface area (Å²) in [6, 6.07) is 8.47. The van der Waals surface area contributed by atoms with Crippen LogP contribution in [0.3, 0.4) is 0 Å². The van der Waals surface area contributed by atoms with Gasteiger partial charge in [0.15, 0.2) is 0 Å². The van der Waals surface area contributed by atoms with Gasteiger partial charge in [0, 0.05) is 16.6 Å². The summed E-state index contributed by atoms with van der Waals surface area (Å²) in [4.78, 5) is 0. The average Bonchev–Trinajstić information content (AvgIpc) is 2.38. The Kier molecular flexibility index (Phi) is 4.46. The molecule has 1 N–H and O–H groups in total. The Bertz CT molecular complexity index is 411. The molecule has 1 aromatic rings. The summed E-state index contributed by atoms with van der Waals surface area (Å²) in [6.07, 6.45) is 6.41.